The van der Waals surface area contributed by atoms with Crippen molar-refractivity contribution in [2.24, 2.45) is 9.50 Å². The van der Waals surface area contributed by atoms with Crippen LogP contribution in [0.3, 0.4) is 0 Å². The fraction of sp³-hybridized carbons (Fsp3) is 0.167. The average molecular weight is 433 g/mol. The SMILES string of the molecule is CN/C(=N/S(=O)(=O)c1ccccc1)N1CC(c2ccccc2)C(c2ccc(C)cc2)=N1. The van der Waals surface area contributed by atoms with E-state index < -0.39 is 10.0 Å². The van der Waals surface area contributed by atoms with E-state index in [4.69, 9.17) is 5.10 Å². The molecule has 0 fully saturated rings. The smallest absolute Gasteiger partial charge is 0.285 e. The summed E-state index contributed by atoms with van der Waals surface area (Å²) < 4.78 is 29.6. The third-order valence-electron chi connectivity index (χ3n) is 5.18. The minimum atomic E-state index is -3.86. The summed E-state index contributed by atoms with van der Waals surface area (Å²) in [5, 5.41) is 9.33. The normalized spacial score (nSPS) is 16.8. The highest BCUT2D eigenvalue weighted by Gasteiger charge is 2.32. The van der Waals surface area contributed by atoms with E-state index in [0.29, 0.717) is 6.54 Å². The lowest BCUT2D eigenvalue weighted by Crippen LogP contribution is -2.36. The van der Waals surface area contributed by atoms with Gasteiger partial charge in [0.15, 0.2) is 0 Å². The molecule has 0 radical (unpaired) electrons. The summed E-state index contributed by atoms with van der Waals surface area (Å²) in [6, 6.07) is 26.5. The van der Waals surface area contributed by atoms with Crippen LogP contribution in [0.15, 0.2) is 99.3 Å². The van der Waals surface area contributed by atoms with Crippen LogP contribution in [0.1, 0.15) is 22.6 Å². The van der Waals surface area contributed by atoms with Gasteiger partial charge in [-0.25, -0.2) is 5.01 Å². The summed E-state index contributed by atoms with van der Waals surface area (Å²) in [5.41, 5.74) is 4.17. The highest BCUT2D eigenvalue weighted by atomic mass is 32.2. The van der Waals surface area contributed by atoms with E-state index in [-0.39, 0.29) is 16.8 Å². The Kier molecular flexibility index (Phi) is 5.86. The van der Waals surface area contributed by atoms with Gasteiger partial charge in [-0.1, -0.05) is 78.4 Å². The van der Waals surface area contributed by atoms with E-state index in [0.717, 1.165) is 16.8 Å². The molecule has 0 saturated carbocycles. The van der Waals surface area contributed by atoms with Crippen molar-refractivity contribution in [2.45, 2.75) is 17.7 Å². The van der Waals surface area contributed by atoms with Crippen LogP contribution >= 0.6 is 0 Å². The zero-order valence-corrected chi connectivity index (χ0v) is 18.3. The topological polar surface area (TPSA) is 74.1 Å². The number of sulfonamides is 1. The van der Waals surface area contributed by atoms with Crippen molar-refractivity contribution in [3.63, 3.8) is 0 Å². The molecular formula is C24H24N4O2S. The first-order valence-electron chi connectivity index (χ1n) is 10.0. The van der Waals surface area contributed by atoms with Gasteiger partial charge in [0, 0.05) is 13.0 Å². The zero-order chi connectivity index (χ0) is 21.8. The van der Waals surface area contributed by atoms with Crippen LogP contribution in [0.25, 0.3) is 0 Å². The number of hydrogen-bond donors (Lipinski definition) is 1. The van der Waals surface area contributed by atoms with Gasteiger partial charge in [-0.2, -0.15) is 13.5 Å². The van der Waals surface area contributed by atoms with Gasteiger partial charge in [-0.15, -0.1) is 4.40 Å². The Labute approximate surface area is 183 Å². The standard InChI is InChI=1S/C24H24N4O2S/c1-18-13-15-20(16-14-18)23-22(19-9-5-3-6-10-19)17-28(26-23)24(25-2)27-31(29,30)21-11-7-4-8-12-21/h3-16,22H,17H2,1-2H3,(H,25,27). The molecule has 0 aliphatic carbocycles. The Hall–Kier alpha value is -3.45. The van der Waals surface area contributed by atoms with Gasteiger partial charge in [-0.05, 0) is 30.2 Å². The van der Waals surface area contributed by atoms with Crippen molar-refractivity contribution in [3.05, 3.63) is 102 Å². The van der Waals surface area contributed by atoms with E-state index in [1.807, 2.05) is 37.3 Å². The maximum atomic E-state index is 12.8. The maximum Gasteiger partial charge on any atom is 0.285 e. The summed E-state index contributed by atoms with van der Waals surface area (Å²) in [5.74, 6) is 0.175. The molecule has 1 atom stereocenters. The molecule has 0 spiro atoms. The number of benzene rings is 3. The summed E-state index contributed by atoms with van der Waals surface area (Å²) in [7, 11) is -2.22. The van der Waals surface area contributed by atoms with Gasteiger partial charge in [0.05, 0.1) is 17.2 Å². The maximum absolute atomic E-state index is 12.8. The van der Waals surface area contributed by atoms with Crippen LogP contribution < -0.4 is 5.32 Å². The van der Waals surface area contributed by atoms with E-state index in [1.165, 1.54) is 17.7 Å². The Morgan fingerprint density at radius 3 is 2.19 bits per heavy atom. The Morgan fingerprint density at radius 2 is 1.58 bits per heavy atom. The molecular weight excluding hydrogens is 408 g/mol. The van der Waals surface area contributed by atoms with E-state index >= 15 is 0 Å². The van der Waals surface area contributed by atoms with Gasteiger partial charge in [0.2, 0.25) is 5.96 Å². The third-order valence-corrected chi connectivity index (χ3v) is 6.46. The molecule has 1 aliphatic heterocycles. The zero-order valence-electron chi connectivity index (χ0n) is 17.4. The molecule has 0 saturated heterocycles. The third kappa shape index (κ3) is 4.51. The first kappa shape index (κ1) is 20.8. The Morgan fingerprint density at radius 1 is 0.968 bits per heavy atom. The second-order valence-corrected chi connectivity index (χ2v) is 8.95. The molecule has 1 N–H and O–H groups in total. The number of guanidine groups is 1. The number of hydrazone groups is 1. The molecule has 158 valence electrons. The minimum absolute atomic E-state index is 0.0121. The van der Waals surface area contributed by atoms with Crippen molar-refractivity contribution < 1.29 is 8.42 Å². The van der Waals surface area contributed by atoms with Crippen molar-refractivity contribution in [2.75, 3.05) is 13.6 Å². The summed E-state index contributed by atoms with van der Waals surface area (Å²) >= 11 is 0. The van der Waals surface area contributed by atoms with E-state index in [2.05, 4.69) is 34.0 Å². The van der Waals surface area contributed by atoms with Crippen molar-refractivity contribution >= 4 is 21.7 Å². The molecule has 3 aromatic rings. The number of nitrogens with zero attached hydrogens (tertiary/aromatic N) is 3. The number of aryl methyl sites for hydroxylation is 1. The van der Waals surface area contributed by atoms with Gasteiger partial charge in [0.1, 0.15) is 0 Å². The second kappa shape index (κ2) is 8.73. The van der Waals surface area contributed by atoms with Crippen LogP contribution in [0.2, 0.25) is 0 Å². The van der Waals surface area contributed by atoms with Crippen LogP contribution in [0.4, 0.5) is 0 Å². The second-order valence-electron chi connectivity index (χ2n) is 7.35. The molecule has 1 heterocycles. The van der Waals surface area contributed by atoms with E-state index in [9.17, 15) is 8.42 Å². The lowest BCUT2D eigenvalue weighted by atomic mass is 9.90. The molecule has 0 amide bonds. The Bertz CT molecular complexity index is 1210. The molecule has 1 aliphatic rings. The molecule has 6 nitrogen and oxygen atoms in total. The van der Waals surface area contributed by atoms with Crippen molar-refractivity contribution in [1.82, 2.24) is 10.3 Å². The van der Waals surface area contributed by atoms with Gasteiger partial charge >= 0.3 is 0 Å². The summed E-state index contributed by atoms with van der Waals surface area (Å²) in [6.07, 6.45) is 0. The summed E-state index contributed by atoms with van der Waals surface area (Å²) in [6.45, 7) is 2.53. The monoisotopic (exact) mass is 432 g/mol. The fourth-order valence-electron chi connectivity index (χ4n) is 3.55. The van der Waals surface area contributed by atoms with E-state index in [1.54, 1.807) is 30.3 Å². The molecule has 7 heteroatoms. The molecule has 31 heavy (non-hydrogen) atoms. The number of nitrogens with one attached hydrogen (secondary N) is 1. The summed E-state index contributed by atoms with van der Waals surface area (Å²) in [4.78, 5) is 0.143. The molecule has 0 bridgehead atoms. The fourth-order valence-corrected chi connectivity index (χ4v) is 4.57. The lowest BCUT2D eigenvalue weighted by Gasteiger charge is -2.18. The number of hydrogen-bond acceptors (Lipinski definition) is 3. The molecule has 1 unspecified atom stereocenters. The minimum Gasteiger partial charge on any atom is -0.357 e. The van der Waals surface area contributed by atoms with Crippen molar-refractivity contribution in [1.29, 1.82) is 0 Å². The predicted octanol–water partition coefficient (Wildman–Crippen LogP) is 3.76. The molecule has 0 aromatic heterocycles. The number of rotatable bonds is 4. The average Bonchev–Trinajstić information content (AvgIpc) is 3.24. The predicted molar refractivity (Wildman–Crippen MR) is 124 cm³/mol. The van der Waals surface area contributed by atoms with Crippen molar-refractivity contribution in [3.8, 4) is 0 Å². The van der Waals surface area contributed by atoms with Crippen LogP contribution in [0, 0.1) is 6.92 Å². The first-order chi connectivity index (χ1) is 15.0. The first-order valence-corrected chi connectivity index (χ1v) is 11.5. The highest BCUT2D eigenvalue weighted by molar-refractivity contribution is 7.90. The van der Waals surface area contributed by atoms with Crippen LogP contribution in [-0.2, 0) is 10.0 Å². The largest absolute Gasteiger partial charge is 0.357 e. The highest BCUT2D eigenvalue weighted by Crippen LogP contribution is 2.29. The van der Waals surface area contributed by atoms with Gasteiger partial charge in [0.25, 0.3) is 10.0 Å². The van der Waals surface area contributed by atoms with Crippen LogP contribution in [-0.4, -0.2) is 38.7 Å². The molecule has 3 aromatic carbocycles. The van der Waals surface area contributed by atoms with Gasteiger partial charge < -0.3 is 5.32 Å². The van der Waals surface area contributed by atoms with Crippen LogP contribution in [0.5, 0.6) is 0 Å². The van der Waals surface area contributed by atoms with Gasteiger partial charge in [-0.3, -0.25) is 0 Å². The molecule has 4 rings (SSSR count). The Balaban J connectivity index is 1.74. The lowest BCUT2D eigenvalue weighted by molar-refractivity contribution is 0.460. The quantitative estimate of drug-likeness (QED) is 0.503.